The quantitative estimate of drug-likeness (QED) is 0.853. The van der Waals surface area contributed by atoms with Gasteiger partial charge in [-0.2, -0.15) is 0 Å². The van der Waals surface area contributed by atoms with Gasteiger partial charge in [0.05, 0.1) is 18.1 Å². The van der Waals surface area contributed by atoms with Gasteiger partial charge in [0.2, 0.25) is 5.91 Å². The molecule has 3 unspecified atom stereocenters. The van der Waals surface area contributed by atoms with Crippen molar-refractivity contribution >= 4 is 39.9 Å². The van der Waals surface area contributed by atoms with Gasteiger partial charge in [0, 0.05) is 13.1 Å². The Labute approximate surface area is 156 Å². The van der Waals surface area contributed by atoms with Crippen molar-refractivity contribution in [1.82, 2.24) is 20.2 Å². The molecule has 2 N–H and O–H groups in total. The van der Waals surface area contributed by atoms with Crippen molar-refractivity contribution in [1.29, 1.82) is 0 Å². The number of fused-ring (bicyclic) bond motifs is 2. The summed E-state index contributed by atoms with van der Waals surface area (Å²) in [6, 6.07) is 2.24. The number of nitrogens with one attached hydrogen (secondary N) is 2. The van der Waals surface area contributed by atoms with Crippen LogP contribution in [0.3, 0.4) is 0 Å². The maximum absolute atomic E-state index is 12.7. The van der Waals surface area contributed by atoms with Crippen LogP contribution < -0.4 is 10.9 Å². The van der Waals surface area contributed by atoms with Crippen LogP contribution in [0.5, 0.6) is 0 Å². The molecule has 136 valence electrons. The Bertz CT molecular complexity index is 806. The molecule has 8 heteroatoms. The minimum absolute atomic E-state index is 0. The average molecular weight is 383 g/mol. The number of halogens is 1. The summed E-state index contributed by atoms with van der Waals surface area (Å²) in [7, 11) is 1.78. The molecule has 3 atom stereocenters. The molecule has 0 bridgehead atoms. The Morgan fingerprint density at radius 3 is 3.00 bits per heavy atom. The van der Waals surface area contributed by atoms with E-state index in [0.717, 1.165) is 6.42 Å². The summed E-state index contributed by atoms with van der Waals surface area (Å²) in [5.74, 6) is 1.27. The minimum atomic E-state index is -0.129. The van der Waals surface area contributed by atoms with Crippen LogP contribution in [-0.2, 0) is 11.3 Å². The minimum Gasteiger partial charge on any atom is -0.337 e. The van der Waals surface area contributed by atoms with Crippen molar-refractivity contribution in [2.75, 3.05) is 7.05 Å². The maximum atomic E-state index is 12.7. The Kier molecular flexibility index (Phi) is 5.46. The number of aromatic nitrogens is 2. The van der Waals surface area contributed by atoms with E-state index in [4.69, 9.17) is 0 Å². The molecule has 1 aliphatic carbocycles. The summed E-state index contributed by atoms with van der Waals surface area (Å²) < 4.78 is 0.634. The molecule has 2 aromatic rings. The average Bonchev–Trinajstić information content (AvgIpc) is 3.20. The van der Waals surface area contributed by atoms with Crippen LogP contribution in [0.25, 0.3) is 10.2 Å². The second-order valence-corrected chi connectivity index (χ2v) is 7.86. The first-order chi connectivity index (χ1) is 11.6. The molecule has 2 fully saturated rings. The van der Waals surface area contributed by atoms with E-state index >= 15 is 0 Å². The molecule has 1 aliphatic heterocycles. The number of H-pyrrole nitrogens is 1. The number of hydrogen-bond acceptors (Lipinski definition) is 5. The highest BCUT2D eigenvalue weighted by molar-refractivity contribution is 7.17. The number of thiophene rings is 1. The van der Waals surface area contributed by atoms with Crippen LogP contribution in [0.2, 0.25) is 0 Å². The van der Waals surface area contributed by atoms with E-state index in [2.05, 4.69) is 15.3 Å². The zero-order valence-corrected chi connectivity index (χ0v) is 15.8. The van der Waals surface area contributed by atoms with E-state index in [0.29, 0.717) is 34.5 Å². The van der Waals surface area contributed by atoms with Gasteiger partial charge in [0.1, 0.15) is 10.5 Å². The second-order valence-electron chi connectivity index (χ2n) is 6.95. The Hall–Kier alpha value is -1.44. The molecular formula is C17H23ClN4O2S. The van der Waals surface area contributed by atoms with Gasteiger partial charge in [0.15, 0.2) is 0 Å². The predicted octanol–water partition coefficient (Wildman–Crippen LogP) is 2.29. The van der Waals surface area contributed by atoms with Gasteiger partial charge < -0.3 is 15.2 Å². The van der Waals surface area contributed by atoms with Crippen LogP contribution >= 0.6 is 23.7 Å². The van der Waals surface area contributed by atoms with Crippen LogP contribution in [0, 0.1) is 5.92 Å². The van der Waals surface area contributed by atoms with E-state index in [1.165, 1.54) is 37.0 Å². The van der Waals surface area contributed by atoms with Crippen LogP contribution in [0.1, 0.15) is 37.9 Å². The first-order valence-electron chi connectivity index (χ1n) is 8.59. The normalized spacial score (nSPS) is 25.4. The first kappa shape index (κ1) is 18.4. The zero-order valence-electron chi connectivity index (χ0n) is 14.2. The molecule has 2 aliphatic rings. The van der Waals surface area contributed by atoms with Gasteiger partial charge in [-0.3, -0.25) is 9.59 Å². The van der Waals surface area contributed by atoms with Crippen LogP contribution in [0.4, 0.5) is 0 Å². The lowest BCUT2D eigenvalue weighted by molar-refractivity contribution is -0.132. The molecule has 2 aromatic heterocycles. The smallest absolute Gasteiger partial charge is 0.268 e. The number of hydrogen-bond donors (Lipinski definition) is 2. The molecule has 0 spiro atoms. The Morgan fingerprint density at radius 1 is 1.40 bits per heavy atom. The van der Waals surface area contributed by atoms with E-state index in [1.54, 1.807) is 11.9 Å². The fourth-order valence-electron chi connectivity index (χ4n) is 4.08. The second kappa shape index (κ2) is 7.43. The molecule has 1 saturated carbocycles. The molecule has 0 aromatic carbocycles. The summed E-state index contributed by atoms with van der Waals surface area (Å²) in [6.07, 6.45) is 5.89. The summed E-state index contributed by atoms with van der Waals surface area (Å²) in [4.78, 5) is 33.7. The first-order valence-corrected chi connectivity index (χ1v) is 9.47. The Morgan fingerprint density at radius 2 is 2.20 bits per heavy atom. The zero-order chi connectivity index (χ0) is 16.7. The monoisotopic (exact) mass is 382 g/mol. The lowest BCUT2D eigenvalue weighted by Gasteiger charge is -2.24. The maximum Gasteiger partial charge on any atom is 0.268 e. The van der Waals surface area contributed by atoms with Gasteiger partial charge in [-0.25, -0.2) is 4.98 Å². The largest absolute Gasteiger partial charge is 0.337 e. The predicted molar refractivity (Wildman–Crippen MR) is 101 cm³/mol. The number of amides is 1. The number of rotatable bonds is 3. The third kappa shape index (κ3) is 3.59. The van der Waals surface area contributed by atoms with Crippen molar-refractivity contribution in [3.63, 3.8) is 0 Å². The van der Waals surface area contributed by atoms with E-state index in [9.17, 15) is 9.59 Å². The molecule has 4 rings (SSSR count). The van der Waals surface area contributed by atoms with Crippen LogP contribution in [0.15, 0.2) is 16.2 Å². The van der Waals surface area contributed by atoms with E-state index in [-0.39, 0.29) is 29.9 Å². The van der Waals surface area contributed by atoms with E-state index < -0.39 is 0 Å². The molecule has 1 amide bonds. The van der Waals surface area contributed by atoms with E-state index in [1.807, 2.05) is 11.4 Å². The Balaban J connectivity index is 0.00000182. The van der Waals surface area contributed by atoms with Crippen molar-refractivity contribution in [3.05, 3.63) is 27.6 Å². The van der Waals surface area contributed by atoms with Gasteiger partial charge in [-0.15, -0.1) is 23.7 Å². The van der Waals surface area contributed by atoms with Crippen molar-refractivity contribution < 1.29 is 4.79 Å². The standard InChI is InChI=1S/C17H22N4O2S.ClH/c1-21(9-14-19-12-6-7-24-15(12)16(22)20-14)17(23)13-8-10-4-2-3-5-11(10)18-13;/h6-7,10-11,13,18H,2-5,8-9H2,1H3,(H,19,20,22);1H. The highest BCUT2D eigenvalue weighted by atomic mass is 35.5. The number of likely N-dealkylation sites (N-methyl/N-ethyl adjacent to an activating group) is 1. The molecule has 0 radical (unpaired) electrons. The van der Waals surface area contributed by atoms with Gasteiger partial charge in [-0.1, -0.05) is 12.8 Å². The van der Waals surface area contributed by atoms with Gasteiger partial charge in [-0.05, 0) is 36.6 Å². The third-order valence-electron chi connectivity index (χ3n) is 5.29. The molecule has 6 nitrogen and oxygen atoms in total. The fourth-order valence-corrected chi connectivity index (χ4v) is 4.80. The molecule has 3 heterocycles. The van der Waals surface area contributed by atoms with Crippen molar-refractivity contribution in [2.24, 2.45) is 5.92 Å². The van der Waals surface area contributed by atoms with Crippen molar-refractivity contribution in [2.45, 2.75) is 50.7 Å². The topological polar surface area (TPSA) is 78.1 Å². The summed E-state index contributed by atoms with van der Waals surface area (Å²) >= 11 is 1.38. The van der Waals surface area contributed by atoms with Gasteiger partial charge >= 0.3 is 0 Å². The third-order valence-corrected chi connectivity index (χ3v) is 6.19. The summed E-state index contributed by atoms with van der Waals surface area (Å²) in [6.45, 7) is 0.327. The number of carbonyl (C=O) groups is 1. The lowest BCUT2D eigenvalue weighted by Crippen LogP contribution is -2.44. The summed E-state index contributed by atoms with van der Waals surface area (Å²) in [5.41, 5.74) is 0.570. The molecular weight excluding hydrogens is 360 g/mol. The highest BCUT2D eigenvalue weighted by Gasteiger charge is 2.39. The fraction of sp³-hybridized carbons (Fsp3) is 0.588. The SMILES string of the molecule is CN(Cc1nc2ccsc2c(=O)[nH]1)C(=O)C1CC2CCCCC2N1.Cl. The lowest BCUT2D eigenvalue weighted by atomic mass is 9.85. The number of aromatic amines is 1. The molecule has 1 saturated heterocycles. The summed E-state index contributed by atoms with van der Waals surface area (Å²) in [5, 5.41) is 5.37. The van der Waals surface area contributed by atoms with Crippen molar-refractivity contribution in [3.8, 4) is 0 Å². The molecule has 25 heavy (non-hydrogen) atoms. The highest BCUT2D eigenvalue weighted by Crippen LogP contribution is 2.33. The number of carbonyl (C=O) groups excluding carboxylic acids is 1. The van der Waals surface area contributed by atoms with Crippen LogP contribution in [-0.4, -0.2) is 39.9 Å². The number of nitrogens with zero attached hydrogens (tertiary/aromatic N) is 2. The van der Waals surface area contributed by atoms with Gasteiger partial charge in [0.25, 0.3) is 5.56 Å².